The highest BCUT2D eigenvalue weighted by Crippen LogP contribution is 2.13. The van der Waals surface area contributed by atoms with Crippen molar-refractivity contribution >= 4 is 11.6 Å². The quantitative estimate of drug-likeness (QED) is 0.771. The topological polar surface area (TPSA) is 46.9 Å². The summed E-state index contributed by atoms with van der Waals surface area (Å²) < 4.78 is 2.07. The molecule has 1 amide bonds. The van der Waals surface area contributed by atoms with Crippen molar-refractivity contribution in [1.29, 1.82) is 0 Å². The fraction of sp³-hybridized carbons (Fsp3) is 0.200. The summed E-state index contributed by atoms with van der Waals surface area (Å²) in [5, 5.41) is 2.93. The minimum absolute atomic E-state index is 0.0930. The number of anilines is 1. The van der Waals surface area contributed by atoms with Crippen LogP contribution in [-0.4, -0.2) is 15.5 Å². The van der Waals surface area contributed by atoms with E-state index in [1.54, 1.807) is 6.20 Å². The van der Waals surface area contributed by atoms with E-state index in [0.717, 1.165) is 30.0 Å². The Morgan fingerprint density at radius 2 is 1.71 bits per heavy atom. The standard InChI is InChI=1S/C20H21N3O/c1-3-16-6-10-19(11-7-16)22-20(24)18-8-4-17(5-9-18)14-23-13-12-21-15(23)2/h4-13H,3,14H2,1-2H3,(H,22,24). The average Bonchev–Trinajstić information content (AvgIpc) is 3.01. The summed E-state index contributed by atoms with van der Waals surface area (Å²) in [6.45, 7) is 4.85. The molecule has 0 saturated carbocycles. The van der Waals surface area contributed by atoms with Crippen LogP contribution >= 0.6 is 0 Å². The molecule has 1 aromatic heterocycles. The van der Waals surface area contributed by atoms with Crippen LogP contribution in [0.3, 0.4) is 0 Å². The monoisotopic (exact) mass is 319 g/mol. The lowest BCUT2D eigenvalue weighted by Crippen LogP contribution is -2.12. The average molecular weight is 319 g/mol. The van der Waals surface area contributed by atoms with Crippen molar-refractivity contribution in [3.63, 3.8) is 0 Å². The second-order valence-corrected chi connectivity index (χ2v) is 5.80. The summed E-state index contributed by atoms with van der Waals surface area (Å²) >= 11 is 0. The second-order valence-electron chi connectivity index (χ2n) is 5.80. The summed E-state index contributed by atoms with van der Waals surface area (Å²) in [7, 11) is 0. The lowest BCUT2D eigenvalue weighted by molar-refractivity contribution is 0.102. The maximum atomic E-state index is 12.3. The van der Waals surface area contributed by atoms with Crippen LogP contribution in [-0.2, 0) is 13.0 Å². The molecule has 0 aliphatic carbocycles. The van der Waals surface area contributed by atoms with Gasteiger partial charge in [-0.25, -0.2) is 4.98 Å². The summed E-state index contributed by atoms with van der Waals surface area (Å²) in [4.78, 5) is 16.5. The second kappa shape index (κ2) is 7.13. The van der Waals surface area contributed by atoms with E-state index in [9.17, 15) is 4.79 Å². The normalized spacial score (nSPS) is 10.6. The van der Waals surface area contributed by atoms with Crippen LogP contribution in [0.2, 0.25) is 0 Å². The molecule has 0 radical (unpaired) electrons. The van der Waals surface area contributed by atoms with Gasteiger partial charge in [-0.1, -0.05) is 31.2 Å². The first-order valence-electron chi connectivity index (χ1n) is 8.12. The van der Waals surface area contributed by atoms with E-state index < -0.39 is 0 Å². The molecule has 0 fully saturated rings. The van der Waals surface area contributed by atoms with E-state index >= 15 is 0 Å². The van der Waals surface area contributed by atoms with Crippen LogP contribution in [0, 0.1) is 6.92 Å². The van der Waals surface area contributed by atoms with Gasteiger partial charge in [0.2, 0.25) is 0 Å². The number of hydrogen-bond donors (Lipinski definition) is 1. The van der Waals surface area contributed by atoms with Gasteiger partial charge in [0.1, 0.15) is 5.82 Å². The molecule has 1 heterocycles. The van der Waals surface area contributed by atoms with Crippen molar-refractivity contribution in [2.45, 2.75) is 26.8 Å². The van der Waals surface area contributed by atoms with Crippen LogP contribution in [0.4, 0.5) is 5.69 Å². The zero-order valence-corrected chi connectivity index (χ0v) is 14.0. The highest BCUT2D eigenvalue weighted by atomic mass is 16.1. The minimum atomic E-state index is -0.0930. The number of hydrogen-bond acceptors (Lipinski definition) is 2. The third-order valence-corrected chi connectivity index (χ3v) is 4.11. The first kappa shape index (κ1) is 16.0. The van der Waals surface area contributed by atoms with Gasteiger partial charge in [0.25, 0.3) is 5.91 Å². The molecule has 0 aliphatic rings. The SMILES string of the molecule is CCc1ccc(NC(=O)c2ccc(Cn3ccnc3C)cc2)cc1. The predicted molar refractivity (Wildman–Crippen MR) is 96.3 cm³/mol. The molecular weight excluding hydrogens is 298 g/mol. The summed E-state index contributed by atoms with van der Waals surface area (Å²) in [5.41, 5.74) is 3.86. The van der Waals surface area contributed by atoms with Crippen molar-refractivity contribution in [3.8, 4) is 0 Å². The number of carbonyl (C=O) groups excluding carboxylic acids is 1. The number of amides is 1. The van der Waals surface area contributed by atoms with E-state index in [1.807, 2.05) is 61.7 Å². The lowest BCUT2D eigenvalue weighted by atomic mass is 10.1. The molecule has 3 aromatic rings. The van der Waals surface area contributed by atoms with Gasteiger partial charge in [0.15, 0.2) is 0 Å². The van der Waals surface area contributed by atoms with Crippen molar-refractivity contribution in [2.24, 2.45) is 0 Å². The van der Waals surface area contributed by atoms with Gasteiger partial charge in [0.05, 0.1) is 0 Å². The smallest absolute Gasteiger partial charge is 0.255 e. The van der Waals surface area contributed by atoms with Gasteiger partial charge in [-0.3, -0.25) is 4.79 Å². The van der Waals surface area contributed by atoms with Gasteiger partial charge in [0, 0.05) is 30.2 Å². The first-order chi connectivity index (χ1) is 11.7. The molecule has 122 valence electrons. The number of rotatable bonds is 5. The van der Waals surface area contributed by atoms with Gasteiger partial charge in [-0.05, 0) is 48.7 Å². The Bertz CT molecular complexity index is 817. The Kier molecular flexibility index (Phi) is 4.75. The summed E-state index contributed by atoms with van der Waals surface area (Å²) in [6.07, 6.45) is 4.74. The fourth-order valence-corrected chi connectivity index (χ4v) is 2.56. The maximum absolute atomic E-state index is 12.3. The van der Waals surface area contributed by atoms with Crippen LogP contribution in [0.1, 0.15) is 34.2 Å². The Balaban J connectivity index is 1.66. The van der Waals surface area contributed by atoms with Crippen molar-refractivity contribution < 1.29 is 4.79 Å². The highest BCUT2D eigenvalue weighted by molar-refractivity contribution is 6.04. The Hall–Kier alpha value is -2.88. The third kappa shape index (κ3) is 3.71. The molecule has 24 heavy (non-hydrogen) atoms. The summed E-state index contributed by atoms with van der Waals surface area (Å²) in [5.74, 6) is 0.886. The van der Waals surface area contributed by atoms with E-state index in [2.05, 4.69) is 21.8 Å². The van der Waals surface area contributed by atoms with Crippen molar-refractivity contribution in [1.82, 2.24) is 9.55 Å². The molecule has 3 rings (SSSR count). The Labute approximate surface area is 142 Å². The predicted octanol–water partition coefficient (Wildman–Crippen LogP) is 4.05. The van der Waals surface area contributed by atoms with Gasteiger partial charge in [-0.15, -0.1) is 0 Å². The van der Waals surface area contributed by atoms with Crippen LogP contribution in [0.15, 0.2) is 60.9 Å². The van der Waals surface area contributed by atoms with E-state index in [0.29, 0.717) is 5.56 Å². The third-order valence-electron chi connectivity index (χ3n) is 4.11. The lowest BCUT2D eigenvalue weighted by Gasteiger charge is -2.08. The Morgan fingerprint density at radius 3 is 2.29 bits per heavy atom. The number of nitrogens with zero attached hydrogens (tertiary/aromatic N) is 2. The van der Waals surface area contributed by atoms with Gasteiger partial charge >= 0.3 is 0 Å². The molecule has 0 bridgehead atoms. The molecule has 0 atom stereocenters. The van der Waals surface area contributed by atoms with Gasteiger partial charge in [-0.2, -0.15) is 0 Å². The van der Waals surface area contributed by atoms with Crippen LogP contribution in [0.5, 0.6) is 0 Å². The highest BCUT2D eigenvalue weighted by Gasteiger charge is 2.06. The molecule has 0 spiro atoms. The van der Waals surface area contributed by atoms with E-state index in [4.69, 9.17) is 0 Å². The molecule has 2 aromatic carbocycles. The van der Waals surface area contributed by atoms with Crippen LogP contribution < -0.4 is 5.32 Å². The van der Waals surface area contributed by atoms with Gasteiger partial charge < -0.3 is 9.88 Å². The molecule has 4 nitrogen and oxygen atoms in total. The summed E-state index contributed by atoms with van der Waals surface area (Å²) in [6, 6.07) is 15.6. The zero-order chi connectivity index (χ0) is 16.9. The number of carbonyl (C=O) groups is 1. The molecule has 0 unspecified atom stereocenters. The number of aryl methyl sites for hydroxylation is 2. The fourth-order valence-electron chi connectivity index (χ4n) is 2.56. The number of nitrogens with one attached hydrogen (secondary N) is 1. The maximum Gasteiger partial charge on any atom is 0.255 e. The number of imidazole rings is 1. The van der Waals surface area contributed by atoms with Crippen LogP contribution in [0.25, 0.3) is 0 Å². The molecule has 0 aliphatic heterocycles. The van der Waals surface area contributed by atoms with E-state index in [1.165, 1.54) is 5.56 Å². The largest absolute Gasteiger partial charge is 0.331 e. The van der Waals surface area contributed by atoms with Crippen molar-refractivity contribution in [3.05, 3.63) is 83.4 Å². The number of aromatic nitrogens is 2. The Morgan fingerprint density at radius 1 is 1.04 bits per heavy atom. The molecule has 0 saturated heterocycles. The zero-order valence-electron chi connectivity index (χ0n) is 14.0. The van der Waals surface area contributed by atoms with Crippen molar-refractivity contribution in [2.75, 3.05) is 5.32 Å². The first-order valence-corrected chi connectivity index (χ1v) is 8.12. The molecular formula is C20H21N3O. The van der Waals surface area contributed by atoms with E-state index in [-0.39, 0.29) is 5.91 Å². The molecule has 4 heteroatoms. The molecule has 1 N–H and O–H groups in total. The number of benzene rings is 2. The minimum Gasteiger partial charge on any atom is -0.331 e.